The molecule has 1 heterocycles. The number of rotatable bonds is 1. The summed E-state index contributed by atoms with van der Waals surface area (Å²) in [5.41, 5.74) is 0.438. The number of aliphatic imine (C=N–C) groups is 1. The van der Waals surface area contributed by atoms with E-state index in [-0.39, 0.29) is 0 Å². The van der Waals surface area contributed by atoms with Crippen LogP contribution >= 0.6 is 0 Å². The van der Waals surface area contributed by atoms with E-state index in [4.69, 9.17) is 5.41 Å². The summed E-state index contributed by atoms with van der Waals surface area (Å²) < 4.78 is 1.64. The van der Waals surface area contributed by atoms with Crippen LogP contribution in [0.5, 0.6) is 0 Å². The van der Waals surface area contributed by atoms with Gasteiger partial charge in [-0.3, -0.25) is 15.0 Å². The van der Waals surface area contributed by atoms with Gasteiger partial charge in [0.05, 0.1) is 6.34 Å². The molecule has 3 nitrogen and oxygen atoms in total. The highest BCUT2D eigenvalue weighted by Crippen LogP contribution is 1.75. The maximum atomic E-state index is 7.35. The number of aromatic nitrogens is 1. The Hall–Kier alpha value is -1.38. The highest BCUT2D eigenvalue weighted by Gasteiger charge is 1.80. The smallest absolute Gasteiger partial charge is 0.129 e. The van der Waals surface area contributed by atoms with Crippen molar-refractivity contribution in [3.05, 3.63) is 29.9 Å². The van der Waals surface area contributed by atoms with Crippen molar-refractivity contribution in [1.82, 2.24) is 4.57 Å². The zero-order chi connectivity index (χ0) is 7.40. The van der Waals surface area contributed by atoms with Crippen molar-refractivity contribution in [3.8, 4) is 0 Å². The van der Waals surface area contributed by atoms with Crippen molar-refractivity contribution in [3.63, 3.8) is 0 Å². The molecule has 0 aliphatic heterocycles. The van der Waals surface area contributed by atoms with Crippen molar-refractivity contribution >= 4 is 6.34 Å². The minimum Gasteiger partial charge on any atom is -0.293 e. The predicted molar refractivity (Wildman–Crippen MR) is 40.1 cm³/mol. The summed E-state index contributed by atoms with van der Waals surface area (Å²) in [5.74, 6) is 0. The van der Waals surface area contributed by atoms with Crippen molar-refractivity contribution < 1.29 is 0 Å². The van der Waals surface area contributed by atoms with Gasteiger partial charge < -0.3 is 0 Å². The highest BCUT2D eigenvalue weighted by molar-refractivity contribution is 5.57. The lowest BCUT2D eigenvalue weighted by Gasteiger charge is -1.94. The fourth-order valence-electron chi connectivity index (χ4n) is 0.681. The summed E-state index contributed by atoms with van der Waals surface area (Å²) in [6.45, 7) is 0. The summed E-state index contributed by atoms with van der Waals surface area (Å²) in [4.78, 5) is 3.78. The molecular formula is C7H9N3. The van der Waals surface area contributed by atoms with E-state index >= 15 is 0 Å². The van der Waals surface area contributed by atoms with Crippen LogP contribution in [0.1, 0.15) is 0 Å². The van der Waals surface area contributed by atoms with E-state index in [0.717, 1.165) is 0 Å². The van der Waals surface area contributed by atoms with E-state index < -0.39 is 0 Å². The van der Waals surface area contributed by atoms with Crippen LogP contribution in [0.2, 0.25) is 0 Å². The quantitative estimate of drug-likeness (QED) is 0.429. The number of pyridine rings is 1. The van der Waals surface area contributed by atoms with Gasteiger partial charge in [0.2, 0.25) is 0 Å². The second kappa shape index (κ2) is 2.96. The third-order valence-electron chi connectivity index (χ3n) is 1.13. The molecule has 1 aromatic rings. The average Bonchev–Trinajstić information content (AvgIpc) is 1.94. The van der Waals surface area contributed by atoms with Crippen molar-refractivity contribution in [2.75, 3.05) is 7.05 Å². The summed E-state index contributed by atoms with van der Waals surface area (Å²) in [5, 5.41) is 7.35. The Balaban J connectivity index is 3.16. The van der Waals surface area contributed by atoms with Gasteiger partial charge in [-0.25, -0.2) is 0 Å². The molecule has 0 spiro atoms. The van der Waals surface area contributed by atoms with Crippen LogP contribution in [0.25, 0.3) is 0 Å². The first-order valence-electron chi connectivity index (χ1n) is 2.98. The lowest BCUT2D eigenvalue weighted by molar-refractivity contribution is 0.990. The van der Waals surface area contributed by atoms with Crippen LogP contribution in [-0.4, -0.2) is 18.0 Å². The van der Waals surface area contributed by atoms with E-state index in [9.17, 15) is 0 Å². The molecule has 0 amide bonds. The molecule has 1 N–H and O–H groups in total. The van der Waals surface area contributed by atoms with E-state index in [1.165, 1.54) is 0 Å². The first kappa shape index (κ1) is 6.74. The lowest BCUT2D eigenvalue weighted by Crippen LogP contribution is -2.16. The minimum atomic E-state index is 0.438. The molecule has 3 heteroatoms. The zero-order valence-corrected chi connectivity index (χ0v) is 5.78. The van der Waals surface area contributed by atoms with Crippen LogP contribution in [-0.2, 0) is 0 Å². The molecule has 0 aliphatic carbocycles. The first-order valence-corrected chi connectivity index (χ1v) is 2.98. The summed E-state index contributed by atoms with van der Waals surface area (Å²) in [6, 6.07) is 5.39. The molecule has 1 rings (SSSR count). The SMILES string of the molecule is C/N=C\n1ccccc1=N. The van der Waals surface area contributed by atoms with Crippen molar-refractivity contribution in [1.29, 1.82) is 5.41 Å². The van der Waals surface area contributed by atoms with E-state index in [1.54, 1.807) is 30.2 Å². The summed E-state index contributed by atoms with van der Waals surface area (Å²) in [6.07, 6.45) is 3.39. The first-order chi connectivity index (χ1) is 4.84. The Labute approximate surface area is 59.2 Å². The van der Waals surface area contributed by atoms with Crippen molar-refractivity contribution in [2.45, 2.75) is 0 Å². The molecule has 0 fully saturated rings. The van der Waals surface area contributed by atoms with Crippen molar-refractivity contribution in [2.24, 2.45) is 4.99 Å². The van der Waals surface area contributed by atoms with Crippen LogP contribution < -0.4 is 5.49 Å². The highest BCUT2D eigenvalue weighted by atomic mass is 15.0. The Kier molecular flexibility index (Phi) is 1.99. The molecular weight excluding hydrogens is 126 g/mol. The zero-order valence-electron chi connectivity index (χ0n) is 5.78. The molecule has 0 bridgehead atoms. The minimum absolute atomic E-state index is 0.438. The summed E-state index contributed by atoms with van der Waals surface area (Å²) >= 11 is 0. The van der Waals surface area contributed by atoms with Gasteiger partial charge in [-0.1, -0.05) is 6.07 Å². The molecule has 0 saturated heterocycles. The fraction of sp³-hybridized carbons (Fsp3) is 0.143. The summed E-state index contributed by atoms with van der Waals surface area (Å²) in [7, 11) is 1.68. The molecule has 0 radical (unpaired) electrons. The largest absolute Gasteiger partial charge is 0.293 e. The normalized spacial score (nSPS) is 10.5. The number of hydrogen-bond donors (Lipinski definition) is 1. The van der Waals surface area contributed by atoms with Gasteiger partial charge in [0, 0.05) is 13.2 Å². The van der Waals surface area contributed by atoms with E-state index in [0.29, 0.717) is 5.49 Å². The predicted octanol–water partition coefficient (Wildman–Crippen LogP) is 0.474. The second-order valence-electron chi connectivity index (χ2n) is 1.87. The van der Waals surface area contributed by atoms with E-state index in [1.807, 2.05) is 12.1 Å². The molecule has 52 valence electrons. The molecule has 0 aromatic carbocycles. The Morgan fingerprint density at radius 2 is 2.40 bits per heavy atom. The third-order valence-corrected chi connectivity index (χ3v) is 1.13. The standard InChI is InChI=1S/C7H9N3/c1-9-6-10-5-3-2-4-7(10)8/h2-6,8H,1H3/b8-7?,9-6-. The number of nitrogens with one attached hydrogen (secondary N) is 1. The molecule has 0 unspecified atom stereocenters. The Morgan fingerprint density at radius 3 is 3.00 bits per heavy atom. The molecule has 1 aromatic heterocycles. The van der Waals surface area contributed by atoms with Gasteiger partial charge in [0.1, 0.15) is 5.49 Å². The second-order valence-corrected chi connectivity index (χ2v) is 1.87. The average molecular weight is 135 g/mol. The fourth-order valence-corrected chi connectivity index (χ4v) is 0.681. The van der Waals surface area contributed by atoms with Crippen LogP contribution in [0.3, 0.4) is 0 Å². The van der Waals surface area contributed by atoms with E-state index in [2.05, 4.69) is 4.99 Å². The monoisotopic (exact) mass is 135 g/mol. The maximum absolute atomic E-state index is 7.35. The molecule has 0 aliphatic rings. The molecule has 0 saturated carbocycles. The number of hydrogen-bond acceptors (Lipinski definition) is 2. The van der Waals surface area contributed by atoms with Gasteiger partial charge >= 0.3 is 0 Å². The van der Waals surface area contributed by atoms with Gasteiger partial charge in [0.15, 0.2) is 0 Å². The topological polar surface area (TPSA) is 41.1 Å². The molecule has 10 heavy (non-hydrogen) atoms. The van der Waals surface area contributed by atoms with Crippen LogP contribution in [0, 0.1) is 5.41 Å². The lowest BCUT2D eigenvalue weighted by atomic mass is 10.5. The van der Waals surface area contributed by atoms with Crippen LogP contribution in [0.4, 0.5) is 0 Å². The maximum Gasteiger partial charge on any atom is 0.129 e. The Morgan fingerprint density at radius 1 is 1.60 bits per heavy atom. The number of nitrogens with zero attached hydrogens (tertiary/aromatic N) is 2. The third kappa shape index (κ3) is 1.31. The van der Waals surface area contributed by atoms with Gasteiger partial charge in [0.25, 0.3) is 0 Å². The van der Waals surface area contributed by atoms with Gasteiger partial charge in [-0.15, -0.1) is 0 Å². The molecule has 0 atom stereocenters. The van der Waals surface area contributed by atoms with Gasteiger partial charge in [-0.2, -0.15) is 0 Å². The van der Waals surface area contributed by atoms with Gasteiger partial charge in [-0.05, 0) is 12.1 Å². The Bertz CT molecular complexity index is 285. The van der Waals surface area contributed by atoms with Crippen LogP contribution in [0.15, 0.2) is 29.4 Å².